The second kappa shape index (κ2) is 8.39. The third-order valence-corrected chi connectivity index (χ3v) is 3.57. The summed E-state index contributed by atoms with van der Waals surface area (Å²) in [4.78, 5) is 0. The largest absolute Gasteiger partial charge is 2.00 e. The van der Waals surface area contributed by atoms with E-state index in [4.69, 9.17) is 0 Å². The molecule has 0 heterocycles. The van der Waals surface area contributed by atoms with Crippen molar-refractivity contribution >= 4 is 23.1 Å². The molecule has 0 atom stereocenters. The van der Waals surface area contributed by atoms with Gasteiger partial charge in [0.05, 0.1) is 0 Å². The maximum atomic E-state index is 3.14. The SMILES string of the molecule is Cc1[c-]ccc(C)c1C.Cc1[c-]ccc(C)c1C.[Mg+2]. The van der Waals surface area contributed by atoms with Crippen molar-refractivity contribution in [1.82, 2.24) is 0 Å². The van der Waals surface area contributed by atoms with Gasteiger partial charge in [0.2, 0.25) is 0 Å². The van der Waals surface area contributed by atoms with Gasteiger partial charge in [-0.2, -0.15) is 69.8 Å². The molecular formula is C18H22Mg. The van der Waals surface area contributed by atoms with Crippen molar-refractivity contribution in [2.24, 2.45) is 0 Å². The number of aryl methyl sites for hydroxylation is 4. The van der Waals surface area contributed by atoms with Crippen LogP contribution in [0.15, 0.2) is 24.3 Å². The first-order valence-electron chi connectivity index (χ1n) is 6.32. The molecular weight excluding hydrogens is 241 g/mol. The van der Waals surface area contributed by atoms with Crippen molar-refractivity contribution in [3.05, 3.63) is 69.8 Å². The second-order valence-corrected chi connectivity index (χ2v) is 4.82. The molecule has 0 amide bonds. The van der Waals surface area contributed by atoms with Gasteiger partial charge in [-0.1, -0.05) is 41.5 Å². The predicted molar refractivity (Wildman–Crippen MR) is 84.7 cm³/mol. The van der Waals surface area contributed by atoms with Crippen molar-refractivity contribution in [1.29, 1.82) is 0 Å². The van der Waals surface area contributed by atoms with E-state index in [1.165, 1.54) is 33.4 Å². The maximum Gasteiger partial charge on any atom is 2.00 e. The van der Waals surface area contributed by atoms with Crippen LogP contribution in [0.2, 0.25) is 0 Å². The maximum absolute atomic E-state index is 3.14. The van der Waals surface area contributed by atoms with Gasteiger partial charge in [0.25, 0.3) is 0 Å². The van der Waals surface area contributed by atoms with E-state index in [1.807, 2.05) is 12.1 Å². The number of rotatable bonds is 0. The van der Waals surface area contributed by atoms with Crippen molar-refractivity contribution < 1.29 is 0 Å². The van der Waals surface area contributed by atoms with Crippen molar-refractivity contribution in [2.45, 2.75) is 41.5 Å². The standard InChI is InChI=1S/2C9H11.Mg/c2*1-7-5-4-6-8(2)9(7)3;/h2*4-5H,1-3H3;/q2*-1;+2. The van der Waals surface area contributed by atoms with Crippen LogP contribution in [0.25, 0.3) is 0 Å². The monoisotopic (exact) mass is 262 g/mol. The molecule has 2 rings (SSSR count). The summed E-state index contributed by atoms with van der Waals surface area (Å²) in [6.07, 6.45) is 0. The number of benzene rings is 2. The minimum absolute atomic E-state index is 0. The molecule has 0 spiro atoms. The van der Waals surface area contributed by atoms with E-state index in [9.17, 15) is 0 Å². The zero-order chi connectivity index (χ0) is 13.7. The molecule has 0 aromatic heterocycles. The van der Waals surface area contributed by atoms with Gasteiger partial charge in [-0.25, -0.2) is 0 Å². The van der Waals surface area contributed by atoms with Gasteiger partial charge in [0, 0.05) is 0 Å². The molecule has 2 aromatic carbocycles. The van der Waals surface area contributed by atoms with Crippen LogP contribution < -0.4 is 0 Å². The normalized spacial score (nSPS) is 9.16. The summed E-state index contributed by atoms with van der Waals surface area (Å²) in [5.41, 5.74) is 7.94. The Morgan fingerprint density at radius 1 is 0.632 bits per heavy atom. The van der Waals surface area contributed by atoms with Crippen LogP contribution >= 0.6 is 0 Å². The quantitative estimate of drug-likeness (QED) is 0.486. The summed E-state index contributed by atoms with van der Waals surface area (Å²) in [5.74, 6) is 0. The molecule has 0 bridgehead atoms. The zero-order valence-corrected chi connectivity index (χ0v) is 14.4. The second-order valence-electron chi connectivity index (χ2n) is 4.82. The molecule has 0 N–H and O–H groups in total. The number of hydrogen-bond donors (Lipinski definition) is 0. The Morgan fingerprint density at radius 2 is 0.947 bits per heavy atom. The van der Waals surface area contributed by atoms with Crippen LogP contribution in [0, 0.1) is 53.7 Å². The fourth-order valence-corrected chi connectivity index (χ4v) is 1.64. The van der Waals surface area contributed by atoms with E-state index in [-0.39, 0.29) is 23.1 Å². The van der Waals surface area contributed by atoms with Gasteiger partial charge in [0.1, 0.15) is 0 Å². The molecule has 0 aliphatic rings. The van der Waals surface area contributed by atoms with Gasteiger partial charge in [0.15, 0.2) is 0 Å². The smallest absolute Gasteiger partial charge is 0.180 e. The van der Waals surface area contributed by atoms with Crippen LogP contribution in [0.4, 0.5) is 0 Å². The molecule has 0 nitrogen and oxygen atoms in total. The van der Waals surface area contributed by atoms with E-state index in [0.717, 1.165) is 0 Å². The minimum atomic E-state index is 0. The predicted octanol–water partition coefficient (Wildman–Crippen LogP) is 4.44. The molecule has 0 aliphatic carbocycles. The van der Waals surface area contributed by atoms with E-state index >= 15 is 0 Å². The Hall–Kier alpha value is -0.794. The van der Waals surface area contributed by atoms with Crippen molar-refractivity contribution in [2.75, 3.05) is 0 Å². The summed E-state index contributed by atoms with van der Waals surface area (Å²) in [7, 11) is 0. The Kier molecular flexibility index (Phi) is 8.04. The van der Waals surface area contributed by atoms with Gasteiger partial charge in [-0.15, -0.1) is 0 Å². The van der Waals surface area contributed by atoms with Crippen LogP contribution in [-0.4, -0.2) is 23.1 Å². The first-order chi connectivity index (χ1) is 8.43. The summed E-state index contributed by atoms with van der Waals surface area (Å²) < 4.78 is 0. The van der Waals surface area contributed by atoms with Gasteiger partial charge in [-0.3, -0.25) is 0 Å². The summed E-state index contributed by atoms with van der Waals surface area (Å²) in [6.45, 7) is 12.7. The molecule has 0 saturated heterocycles. The molecule has 0 unspecified atom stereocenters. The molecule has 0 radical (unpaired) electrons. The zero-order valence-electron chi connectivity index (χ0n) is 13.0. The summed E-state index contributed by atoms with van der Waals surface area (Å²) in [6, 6.07) is 14.4. The van der Waals surface area contributed by atoms with Crippen LogP contribution in [0.1, 0.15) is 33.4 Å². The van der Waals surface area contributed by atoms with Crippen LogP contribution in [-0.2, 0) is 0 Å². The Morgan fingerprint density at radius 3 is 1.16 bits per heavy atom. The molecule has 2 aromatic rings. The molecule has 19 heavy (non-hydrogen) atoms. The molecule has 96 valence electrons. The van der Waals surface area contributed by atoms with Crippen molar-refractivity contribution in [3.8, 4) is 0 Å². The van der Waals surface area contributed by atoms with Gasteiger partial charge < -0.3 is 0 Å². The Bertz CT molecular complexity index is 437. The minimum Gasteiger partial charge on any atom is -0.180 e. The number of hydrogen-bond acceptors (Lipinski definition) is 0. The molecule has 1 heteroatoms. The van der Waals surface area contributed by atoms with E-state index in [0.29, 0.717) is 0 Å². The fraction of sp³-hybridized carbons (Fsp3) is 0.333. The molecule has 0 fully saturated rings. The fourth-order valence-electron chi connectivity index (χ4n) is 1.64. The average molecular weight is 263 g/mol. The van der Waals surface area contributed by atoms with Gasteiger partial charge in [-0.05, 0) is 0 Å². The first-order valence-corrected chi connectivity index (χ1v) is 6.32. The van der Waals surface area contributed by atoms with Crippen LogP contribution in [0.3, 0.4) is 0 Å². The summed E-state index contributed by atoms with van der Waals surface area (Å²) in [5, 5.41) is 0. The topological polar surface area (TPSA) is 0 Å². The van der Waals surface area contributed by atoms with E-state index < -0.39 is 0 Å². The van der Waals surface area contributed by atoms with E-state index in [1.54, 1.807) is 0 Å². The van der Waals surface area contributed by atoms with Gasteiger partial charge >= 0.3 is 23.1 Å². The molecule has 0 saturated carbocycles. The average Bonchev–Trinajstić information content (AvgIpc) is 2.34. The Labute approximate surface area is 134 Å². The third kappa shape index (κ3) is 5.38. The van der Waals surface area contributed by atoms with Crippen LogP contribution in [0.5, 0.6) is 0 Å². The first kappa shape index (κ1) is 18.2. The van der Waals surface area contributed by atoms with E-state index in [2.05, 4.69) is 65.8 Å². The van der Waals surface area contributed by atoms with Crippen molar-refractivity contribution in [3.63, 3.8) is 0 Å². The molecule has 0 aliphatic heterocycles. The summed E-state index contributed by atoms with van der Waals surface area (Å²) >= 11 is 0. The third-order valence-electron chi connectivity index (χ3n) is 3.57. The Balaban J connectivity index is 0.000000324.